The van der Waals surface area contributed by atoms with Gasteiger partial charge < -0.3 is 4.98 Å². The van der Waals surface area contributed by atoms with Gasteiger partial charge in [-0.05, 0) is 61.7 Å². The molecule has 0 spiro atoms. The molecule has 1 aliphatic rings. The van der Waals surface area contributed by atoms with Crippen molar-refractivity contribution in [3.05, 3.63) is 70.6 Å². The third-order valence-corrected chi connectivity index (χ3v) is 5.34. The van der Waals surface area contributed by atoms with Gasteiger partial charge in [-0.15, -0.1) is 0 Å². The summed E-state index contributed by atoms with van der Waals surface area (Å²) in [6, 6.07) is 8.90. The summed E-state index contributed by atoms with van der Waals surface area (Å²) in [5.74, 6) is 0.0542. The van der Waals surface area contributed by atoms with Crippen LogP contribution >= 0.6 is 11.6 Å². The van der Waals surface area contributed by atoms with E-state index in [0.717, 1.165) is 48.7 Å². The fourth-order valence-electron chi connectivity index (χ4n) is 3.52. The molecule has 1 N–H and O–H groups in total. The number of halogens is 2. The van der Waals surface area contributed by atoms with Crippen molar-refractivity contribution in [1.29, 1.82) is 0 Å². The first-order valence-electron chi connectivity index (χ1n) is 8.73. The third-order valence-electron chi connectivity index (χ3n) is 5.05. The minimum atomic E-state index is -0.410. The second-order valence-corrected chi connectivity index (χ2v) is 7.21. The second-order valence-electron chi connectivity index (χ2n) is 6.80. The summed E-state index contributed by atoms with van der Waals surface area (Å²) in [4.78, 5) is 14.4. The summed E-state index contributed by atoms with van der Waals surface area (Å²) in [6.07, 6.45) is 4.68. The van der Waals surface area contributed by atoms with Gasteiger partial charge in [-0.2, -0.15) is 0 Å². The summed E-state index contributed by atoms with van der Waals surface area (Å²) in [7, 11) is 0. The van der Waals surface area contributed by atoms with Gasteiger partial charge in [0.2, 0.25) is 0 Å². The molecular weight excluding hydrogens is 351 g/mol. The van der Waals surface area contributed by atoms with E-state index < -0.39 is 5.82 Å². The molecule has 134 valence electrons. The number of rotatable bonds is 4. The van der Waals surface area contributed by atoms with Crippen LogP contribution in [0.15, 0.2) is 42.9 Å². The molecule has 0 saturated carbocycles. The van der Waals surface area contributed by atoms with Crippen molar-refractivity contribution in [1.82, 2.24) is 19.9 Å². The molecule has 0 radical (unpaired) electrons. The van der Waals surface area contributed by atoms with E-state index in [1.54, 1.807) is 18.5 Å². The van der Waals surface area contributed by atoms with Gasteiger partial charge in [-0.1, -0.05) is 11.6 Å². The Morgan fingerprint density at radius 2 is 2.15 bits per heavy atom. The topological polar surface area (TPSA) is 44.8 Å². The molecule has 2 aromatic heterocycles. The Morgan fingerprint density at radius 3 is 2.92 bits per heavy atom. The molecule has 0 aliphatic carbocycles. The number of H-pyrrole nitrogens is 1. The molecule has 0 amide bonds. The highest BCUT2D eigenvalue weighted by Crippen LogP contribution is 2.31. The monoisotopic (exact) mass is 370 g/mol. The zero-order valence-electron chi connectivity index (χ0n) is 14.5. The number of likely N-dealkylation sites (tertiary alicyclic amines) is 1. The number of hydrogen-bond acceptors (Lipinski definition) is 3. The fraction of sp³-hybridized carbons (Fsp3) is 0.300. The number of pyridine rings is 1. The summed E-state index contributed by atoms with van der Waals surface area (Å²) in [6.45, 7) is 4.98. The van der Waals surface area contributed by atoms with Gasteiger partial charge in [-0.25, -0.2) is 9.37 Å². The van der Waals surface area contributed by atoms with Crippen LogP contribution < -0.4 is 0 Å². The van der Waals surface area contributed by atoms with Crippen LogP contribution in [-0.4, -0.2) is 32.9 Å². The molecule has 3 aromatic rings. The Labute approximate surface area is 157 Å². The molecule has 1 fully saturated rings. The van der Waals surface area contributed by atoms with Crippen LogP contribution in [-0.2, 0) is 6.54 Å². The average Bonchev–Trinajstić information content (AvgIpc) is 3.27. The van der Waals surface area contributed by atoms with Gasteiger partial charge in [0.1, 0.15) is 5.82 Å². The Morgan fingerprint density at radius 1 is 1.27 bits per heavy atom. The van der Waals surface area contributed by atoms with E-state index in [9.17, 15) is 4.39 Å². The van der Waals surface area contributed by atoms with Gasteiger partial charge >= 0.3 is 0 Å². The van der Waals surface area contributed by atoms with Crippen molar-refractivity contribution in [2.24, 2.45) is 0 Å². The van der Waals surface area contributed by atoms with Crippen molar-refractivity contribution in [3.8, 4) is 11.3 Å². The number of nitrogens with one attached hydrogen (secondary N) is 1. The lowest BCUT2D eigenvalue weighted by Gasteiger charge is -2.16. The van der Waals surface area contributed by atoms with E-state index in [0.29, 0.717) is 5.92 Å². The highest BCUT2D eigenvalue weighted by atomic mass is 35.5. The van der Waals surface area contributed by atoms with E-state index in [1.807, 2.05) is 6.20 Å². The fourth-order valence-corrected chi connectivity index (χ4v) is 3.70. The molecule has 4 nitrogen and oxygen atoms in total. The number of aromatic nitrogens is 3. The summed E-state index contributed by atoms with van der Waals surface area (Å²) < 4.78 is 13.4. The molecule has 4 rings (SSSR count). The number of nitrogens with zero attached hydrogens (tertiary/aromatic N) is 3. The van der Waals surface area contributed by atoms with Crippen LogP contribution in [0.1, 0.15) is 29.3 Å². The second kappa shape index (κ2) is 7.17. The number of benzene rings is 1. The lowest BCUT2D eigenvalue weighted by Crippen LogP contribution is -2.20. The molecule has 0 bridgehead atoms. The normalized spacial score (nSPS) is 17.7. The van der Waals surface area contributed by atoms with E-state index in [1.165, 1.54) is 11.6 Å². The predicted molar refractivity (Wildman–Crippen MR) is 101 cm³/mol. The minimum Gasteiger partial charge on any atom is -0.348 e. The molecule has 1 aromatic carbocycles. The van der Waals surface area contributed by atoms with Crippen LogP contribution in [0.25, 0.3) is 11.3 Å². The Kier molecular flexibility index (Phi) is 4.74. The summed E-state index contributed by atoms with van der Waals surface area (Å²) >= 11 is 5.91. The number of aryl methyl sites for hydroxylation is 1. The first-order chi connectivity index (χ1) is 12.6. The van der Waals surface area contributed by atoms with Crippen LogP contribution in [0, 0.1) is 12.7 Å². The summed E-state index contributed by atoms with van der Waals surface area (Å²) in [5, 5.41) is 0.121. The maximum atomic E-state index is 13.4. The van der Waals surface area contributed by atoms with E-state index in [-0.39, 0.29) is 5.02 Å². The van der Waals surface area contributed by atoms with E-state index in [2.05, 4.69) is 38.9 Å². The minimum absolute atomic E-state index is 0.121. The molecule has 26 heavy (non-hydrogen) atoms. The highest BCUT2D eigenvalue weighted by molar-refractivity contribution is 6.31. The molecule has 3 heterocycles. The highest BCUT2D eigenvalue weighted by Gasteiger charge is 2.25. The zero-order chi connectivity index (χ0) is 18.1. The van der Waals surface area contributed by atoms with Crippen molar-refractivity contribution >= 4 is 11.6 Å². The smallest absolute Gasteiger partial charge is 0.141 e. The van der Waals surface area contributed by atoms with Crippen molar-refractivity contribution in [3.63, 3.8) is 0 Å². The molecular formula is C20H20ClFN4. The zero-order valence-corrected chi connectivity index (χ0v) is 15.3. The number of imidazole rings is 1. The Balaban J connectivity index is 1.50. The van der Waals surface area contributed by atoms with Gasteiger partial charge in [0.15, 0.2) is 0 Å². The number of aromatic amines is 1. The Hall–Kier alpha value is -2.24. The maximum absolute atomic E-state index is 13.4. The molecule has 6 heteroatoms. The lowest BCUT2D eigenvalue weighted by molar-refractivity contribution is 0.322. The van der Waals surface area contributed by atoms with Gasteiger partial charge in [-0.3, -0.25) is 9.88 Å². The molecule has 1 unspecified atom stereocenters. The standard InChI is InChI=1S/C20H20ClFN4/c1-13-20(25-12-24-13)11-26-7-5-16(10-26)14-4-6-23-19(9-14)15-2-3-18(22)17(21)8-15/h2-4,6,8-9,12,16H,5,7,10-11H2,1H3,(H,24,25). The van der Waals surface area contributed by atoms with Crippen molar-refractivity contribution in [2.75, 3.05) is 13.1 Å². The largest absolute Gasteiger partial charge is 0.348 e. The number of hydrogen-bond donors (Lipinski definition) is 1. The lowest BCUT2D eigenvalue weighted by atomic mass is 9.97. The van der Waals surface area contributed by atoms with Gasteiger partial charge in [0, 0.05) is 30.5 Å². The van der Waals surface area contributed by atoms with Crippen molar-refractivity contribution < 1.29 is 4.39 Å². The third kappa shape index (κ3) is 3.50. The van der Waals surface area contributed by atoms with E-state index >= 15 is 0 Å². The van der Waals surface area contributed by atoms with E-state index in [4.69, 9.17) is 11.6 Å². The van der Waals surface area contributed by atoms with Crippen LogP contribution in [0.2, 0.25) is 5.02 Å². The summed E-state index contributed by atoms with van der Waals surface area (Å²) in [5.41, 5.74) is 5.16. The first-order valence-corrected chi connectivity index (χ1v) is 9.10. The Bertz CT molecular complexity index is 924. The molecule has 1 atom stereocenters. The van der Waals surface area contributed by atoms with Gasteiger partial charge in [0.25, 0.3) is 0 Å². The molecule has 1 saturated heterocycles. The SMILES string of the molecule is Cc1[nH]cnc1CN1CCC(c2ccnc(-c3ccc(F)c(Cl)c3)c2)C1. The van der Waals surface area contributed by atoms with Crippen LogP contribution in [0.3, 0.4) is 0 Å². The van der Waals surface area contributed by atoms with Gasteiger partial charge in [0.05, 0.1) is 22.7 Å². The van der Waals surface area contributed by atoms with Crippen LogP contribution in [0.5, 0.6) is 0 Å². The average molecular weight is 371 g/mol. The first kappa shape index (κ1) is 17.2. The predicted octanol–water partition coefficient (Wildman–Crippen LogP) is 4.56. The van der Waals surface area contributed by atoms with Crippen LogP contribution in [0.4, 0.5) is 4.39 Å². The molecule has 1 aliphatic heterocycles. The van der Waals surface area contributed by atoms with Crippen molar-refractivity contribution in [2.45, 2.75) is 25.8 Å². The maximum Gasteiger partial charge on any atom is 0.141 e. The quantitative estimate of drug-likeness (QED) is 0.732.